The summed E-state index contributed by atoms with van der Waals surface area (Å²) in [4.78, 5) is 9.00. The van der Waals surface area contributed by atoms with Gasteiger partial charge in [-0.05, 0) is 0 Å². The van der Waals surface area contributed by atoms with Crippen molar-refractivity contribution in [1.29, 1.82) is 0 Å². The first-order valence-corrected chi connectivity index (χ1v) is 16.2. The zero-order valence-corrected chi connectivity index (χ0v) is 13.6. The third-order valence-corrected chi connectivity index (χ3v) is 26.3. The summed E-state index contributed by atoms with van der Waals surface area (Å²) in [5, 5.41) is 7.42. The van der Waals surface area contributed by atoms with E-state index in [1.165, 1.54) is 0 Å². The second-order valence-electron chi connectivity index (χ2n) is 3.43. The van der Waals surface area contributed by atoms with Gasteiger partial charge in [-0.2, -0.15) is 0 Å². The van der Waals surface area contributed by atoms with Crippen LogP contribution in [0, 0.1) is 0 Å². The average molecular weight is 384 g/mol. The van der Waals surface area contributed by atoms with Crippen molar-refractivity contribution >= 4 is 27.1 Å². The normalized spacial score (nSPS) is 10.2. The van der Waals surface area contributed by atoms with Crippen LogP contribution in [-0.4, -0.2) is 32.2 Å². The predicted octanol–water partition coefficient (Wildman–Crippen LogP) is 3.61. The van der Waals surface area contributed by atoms with Gasteiger partial charge in [0.2, 0.25) is 0 Å². The van der Waals surface area contributed by atoms with Crippen LogP contribution in [0.5, 0.6) is 0 Å². The molecule has 2 nitrogen and oxygen atoms in total. The molecule has 0 aromatic heterocycles. The molecule has 0 radical (unpaired) electrons. The van der Waals surface area contributed by atoms with Crippen molar-refractivity contribution in [3.63, 3.8) is 0 Å². The average Bonchev–Trinajstić information content (AvgIpc) is 2.09. The first-order chi connectivity index (χ1) is 5.97. The Morgan fingerprint density at radius 1 is 1.00 bits per heavy atom. The summed E-state index contributed by atoms with van der Waals surface area (Å²) in [7, 11) is 0. The van der Waals surface area contributed by atoms with Gasteiger partial charge >= 0.3 is 64.8 Å². The monoisotopic (exact) mass is 384 g/mol. The Morgan fingerprint density at radius 2 is 1.15 bits per heavy atom. The SMILES string of the molecule is CC(=O)O.C[CH2][Pb]([CH2]C)([CH2]C)[CH2]C. The van der Waals surface area contributed by atoms with Gasteiger partial charge in [0.1, 0.15) is 0 Å². The Bertz CT molecular complexity index is 109. The van der Waals surface area contributed by atoms with Gasteiger partial charge in [-0.3, -0.25) is 4.79 Å². The van der Waals surface area contributed by atoms with E-state index in [9.17, 15) is 0 Å². The molecule has 13 heavy (non-hydrogen) atoms. The quantitative estimate of drug-likeness (QED) is 0.753. The Morgan fingerprint density at radius 3 is 1.15 bits per heavy atom. The molecular formula is C10H24O2Pb. The minimum atomic E-state index is -1.51. The second kappa shape index (κ2) is 8.97. The molecule has 3 heteroatoms. The fraction of sp³-hybridized carbons (Fsp3) is 0.900. The Hall–Kier alpha value is 0.392. The summed E-state index contributed by atoms with van der Waals surface area (Å²) in [6.45, 7) is 10.7. The van der Waals surface area contributed by atoms with Crippen molar-refractivity contribution in [3.05, 3.63) is 0 Å². The summed E-state index contributed by atoms with van der Waals surface area (Å²) in [5.74, 6) is -0.833. The first-order valence-electron chi connectivity index (χ1n) is 5.17. The molecule has 1 N–H and O–H groups in total. The van der Waals surface area contributed by atoms with Gasteiger partial charge in [-0.25, -0.2) is 0 Å². The van der Waals surface area contributed by atoms with Gasteiger partial charge in [-0.15, -0.1) is 0 Å². The zero-order chi connectivity index (χ0) is 10.9. The van der Waals surface area contributed by atoms with E-state index in [1.807, 2.05) is 0 Å². The maximum absolute atomic E-state index is 9.00. The van der Waals surface area contributed by atoms with E-state index in [2.05, 4.69) is 27.7 Å². The van der Waals surface area contributed by atoms with Crippen LogP contribution in [-0.2, 0) is 4.79 Å². The molecule has 0 unspecified atom stereocenters. The van der Waals surface area contributed by atoms with Crippen LogP contribution in [0.2, 0.25) is 15.9 Å². The predicted molar refractivity (Wildman–Crippen MR) is 61.0 cm³/mol. The van der Waals surface area contributed by atoms with Crippen molar-refractivity contribution in [2.45, 2.75) is 50.5 Å². The van der Waals surface area contributed by atoms with Crippen LogP contribution in [0.15, 0.2) is 0 Å². The molecule has 0 heterocycles. The summed E-state index contributed by atoms with van der Waals surface area (Å²) in [6, 6.07) is 0. The van der Waals surface area contributed by atoms with Gasteiger partial charge < -0.3 is 5.11 Å². The third kappa shape index (κ3) is 8.71. The van der Waals surface area contributed by atoms with Crippen molar-refractivity contribution in [3.8, 4) is 0 Å². The molecule has 0 aliphatic rings. The third-order valence-electron chi connectivity index (χ3n) is 3.00. The zero-order valence-electron chi connectivity index (χ0n) is 9.68. The van der Waals surface area contributed by atoms with Crippen LogP contribution >= 0.6 is 0 Å². The molecule has 0 bridgehead atoms. The van der Waals surface area contributed by atoms with Crippen molar-refractivity contribution in [2.24, 2.45) is 0 Å². The van der Waals surface area contributed by atoms with Crippen LogP contribution in [0.3, 0.4) is 0 Å². The molecule has 0 aliphatic carbocycles. The van der Waals surface area contributed by atoms with E-state index in [1.54, 1.807) is 15.9 Å². The number of carbonyl (C=O) groups is 1. The van der Waals surface area contributed by atoms with E-state index in [0.29, 0.717) is 0 Å². The molecule has 0 rings (SSSR count). The second-order valence-corrected chi connectivity index (χ2v) is 26.1. The molecule has 0 spiro atoms. The Kier molecular flexibility index (Phi) is 10.9. The Balaban J connectivity index is 0. The molecular weight excluding hydrogens is 359 g/mol. The van der Waals surface area contributed by atoms with Crippen LogP contribution < -0.4 is 0 Å². The summed E-state index contributed by atoms with van der Waals surface area (Å²) in [6.07, 6.45) is 0. The van der Waals surface area contributed by atoms with Gasteiger partial charge in [-0.1, -0.05) is 0 Å². The summed E-state index contributed by atoms with van der Waals surface area (Å²) in [5.41, 5.74) is 0. The Labute approximate surface area is 87.4 Å². The van der Waals surface area contributed by atoms with Crippen LogP contribution in [0.4, 0.5) is 0 Å². The summed E-state index contributed by atoms with van der Waals surface area (Å²) >= 11 is -1.51. The number of carboxylic acid groups (broad SMARTS) is 1. The van der Waals surface area contributed by atoms with Gasteiger partial charge in [0, 0.05) is 6.92 Å². The topological polar surface area (TPSA) is 37.3 Å². The summed E-state index contributed by atoms with van der Waals surface area (Å²) < 4.78 is 6.26. The first kappa shape index (κ1) is 15.8. The number of hydrogen-bond donors (Lipinski definition) is 1. The molecule has 0 saturated heterocycles. The van der Waals surface area contributed by atoms with Crippen molar-refractivity contribution in [1.82, 2.24) is 0 Å². The molecule has 0 amide bonds. The molecule has 0 aliphatic heterocycles. The molecule has 0 fully saturated rings. The number of rotatable bonds is 4. The standard InChI is InChI=1S/C2H4O2.4C2H5.Pb/c1-2(3)4;4*1-2;/h1H3,(H,3,4);4*1H2,2H3;. The van der Waals surface area contributed by atoms with E-state index in [4.69, 9.17) is 9.90 Å². The molecule has 80 valence electrons. The van der Waals surface area contributed by atoms with Crippen LogP contribution in [0.1, 0.15) is 34.6 Å². The number of aliphatic carboxylic acids is 1. The maximum atomic E-state index is 9.00. The number of hydrogen-bond acceptors (Lipinski definition) is 1. The number of carboxylic acids is 1. The molecule has 0 aromatic carbocycles. The van der Waals surface area contributed by atoms with Gasteiger partial charge in [0.05, 0.1) is 0 Å². The molecule has 0 aromatic rings. The fourth-order valence-electron chi connectivity index (χ4n) is 1.50. The van der Waals surface area contributed by atoms with E-state index in [-0.39, 0.29) is 0 Å². The van der Waals surface area contributed by atoms with Crippen LogP contribution in [0.25, 0.3) is 0 Å². The molecule has 0 saturated carbocycles. The van der Waals surface area contributed by atoms with Crippen molar-refractivity contribution < 1.29 is 9.90 Å². The van der Waals surface area contributed by atoms with Crippen molar-refractivity contribution in [2.75, 3.05) is 0 Å². The van der Waals surface area contributed by atoms with E-state index >= 15 is 0 Å². The van der Waals surface area contributed by atoms with E-state index in [0.717, 1.165) is 6.92 Å². The van der Waals surface area contributed by atoms with E-state index < -0.39 is 27.1 Å². The van der Waals surface area contributed by atoms with Gasteiger partial charge in [0.15, 0.2) is 0 Å². The fourth-order valence-corrected chi connectivity index (χ4v) is 13.2. The molecule has 0 atom stereocenters. The van der Waals surface area contributed by atoms with Gasteiger partial charge in [0.25, 0.3) is 5.97 Å². The minimum absolute atomic E-state index is 0.833.